The highest BCUT2D eigenvalue weighted by atomic mass is 16.5. The summed E-state index contributed by atoms with van der Waals surface area (Å²) >= 11 is 0. The number of carbonyl (C=O) groups is 1. The Bertz CT molecular complexity index is 585. The summed E-state index contributed by atoms with van der Waals surface area (Å²) in [5.41, 5.74) is 7.83. The number of benzene rings is 1. The Morgan fingerprint density at radius 1 is 1.32 bits per heavy atom. The predicted octanol–water partition coefficient (Wildman–Crippen LogP) is 2.53. The molecule has 0 spiro atoms. The van der Waals surface area contributed by atoms with Crippen molar-refractivity contribution < 1.29 is 9.53 Å². The number of anilines is 1. The lowest BCUT2D eigenvalue weighted by atomic mass is 10.1. The van der Waals surface area contributed by atoms with E-state index in [9.17, 15) is 4.79 Å². The zero-order chi connectivity index (χ0) is 14.0. The minimum Gasteiger partial charge on any atom is -0.497 e. The SMILES string of the molecule is COc1ccc(-c2nn(C(C)C)c(N)c2C=O)cc1. The van der Waals surface area contributed by atoms with E-state index in [4.69, 9.17) is 10.5 Å². The molecule has 1 aromatic carbocycles. The van der Waals surface area contributed by atoms with Gasteiger partial charge in [-0.05, 0) is 38.1 Å². The van der Waals surface area contributed by atoms with Crippen LogP contribution in [0.5, 0.6) is 5.75 Å². The highest BCUT2D eigenvalue weighted by Crippen LogP contribution is 2.28. The van der Waals surface area contributed by atoms with Gasteiger partial charge < -0.3 is 10.5 Å². The van der Waals surface area contributed by atoms with Crippen LogP contribution in [0.2, 0.25) is 0 Å². The molecule has 0 fully saturated rings. The smallest absolute Gasteiger partial charge is 0.156 e. The van der Waals surface area contributed by atoms with Gasteiger partial charge in [0.25, 0.3) is 0 Å². The molecule has 2 rings (SSSR count). The molecule has 0 radical (unpaired) electrons. The Labute approximate surface area is 112 Å². The maximum Gasteiger partial charge on any atom is 0.156 e. The molecule has 2 N–H and O–H groups in total. The summed E-state index contributed by atoms with van der Waals surface area (Å²) in [5, 5.41) is 4.43. The van der Waals surface area contributed by atoms with Gasteiger partial charge in [-0.3, -0.25) is 4.79 Å². The number of methoxy groups -OCH3 is 1. The summed E-state index contributed by atoms with van der Waals surface area (Å²) in [4.78, 5) is 11.2. The molecule has 0 amide bonds. The molecule has 0 aliphatic heterocycles. The highest BCUT2D eigenvalue weighted by Gasteiger charge is 2.17. The minimum absolute atomic E-state index is 0.102. The van der Waals surface area contributed by atoms with Crippen LogP contribution >= 0.6 is 0 Å². The van der Waals surface area contributed by atoms with Crippen LogP contribution in [-0.2, 0) is 0 Å². The third-order valence-electron chi connectivity index (χ3n) is 2.96. The summed E-state index contributed by atoms with van der Waals surface area (Å²) in [5.74, 6) is 1.16. The number of nitrogen functional groups attached to an aromatic ring is 1. The predicted molar refractivity (Wildman–Crippen MR) is 74.4 cm³/mol. The summed E-state index contributed by atoms with van der Waals surface area (Å²) in [6, 6.07) is 7.48. The van der Waals surface area contributed by atoms with E-state index in [0.29, 0.717) is 17.1 Å². The van der Waals surface area contributed by atoms with E-state index in [2.05, 4.69) is 5.10 Å². The maximum atomic E-state index is 11.2. The lowest BCUT2D eigenvalue weighted by Gasteiger charge is -2.06. The summed E-state index contributed by atoms with van der Waals surface area (Å²) in [6.07, 6.45) is 0.751. The van der Waals surface area contributed by atoms with Crippen molar-refractivity contribution in [2.45, 2.75) is 19.9 Å². The van der Waals surface area contributed by atoms with Crippen molar-refractivity contribution in [3.63, 3.8) is 0 Å². The van der Waals surface area contributed by atoms with E-state index in [1.165, 1.54) is 0 Å². The fourth-order valence-corrected chi connectivity index (χ4v) is 1.93. The van der Waals surface area contributed by atoms with E-state index in [1.54, 1.807) is 11.8 Å². The van der Waals surface area contributed by atoms with Gasteiger partial charge in [-0.15, -0.1) is 0 Å². The van der Waals surface area contributed by atoms with E-state index >= 15 is 0 Å². The quantitative estimate of drug-likeness (QED) is 0.856. The van der Waals surface area contributed by atoms with E-state index in [-0.39, 0.29) is 6.04 Å². The van der Waals surface area contributed by atoms with Crippen molar-refractivity contribution in [1.29, 1.82) is 0 Å². The molecule has 19 heavy (non-hydrogen) atoms. The first-order valence-electron chi connectivity index (χ1n) is 6.06. The summed E-state index contributed by atoms with van der Waals surface area (Å²) in [6.45, 7) is 3.94. The molecule has 0 saturated heterocycles. The number of aromatic nitrogens is 2. The maximum absolute atomic E-state index is 11.2. The molecule has 0 aliphatic rings. The van der Waals surface area contributed by atoms with Crippen LogP contribution in [0.25, 0.3) is 11.3 Å². The van der Waals surface area contributed by atoms with E-state index < -0.39 is 0 Å². The number of hydrogen-bond donors (Lipinski definition) is 1. The first kappa shape index (κ1) is 13.1. The van der Waals surface area contributed by atoms with Crippen LogP contribution in [0, 0.1) is 0 Å². The molecule has 2 aromatic rings. The van der Waals surface area contributed by atoms with E-state index in [1.807, 2.05) is 38.1 Å². The second-order valence-corrected chi connectivity index (χ2v) is 4.53. The molecule has 100 valence electrons. The van der Waals surface area contributed by atoms with Gasteiger partial charge in [0.15, 0.2) is 6.29 Å². The van der Waals surface area contributed by atoms with Crippen LogP contribution in [0.15, 0.2) is 24.3 Å². The van der Waals surface area contributed by atoms with Crippen LogP contribution in [0.4, 0.5) is 5.82 Å². The fourth-order valence-electron chi connectivity index (χ4n) is 1.93. The monoisotopic (exact) mass is 259 g/mol. The summed E-state index contributed by atoms with van der Waals surface area (Å²) in [7, 11) is 1.61. The number of hydrogen-bond acceptors (Lipinski definition) is 4. The minimum atomic E-state index is 0.102. The Kier molecular flexibility index (Phi) is 3.55. The number of carbonyl (C=O) groups excluding carboxylic acids is 1. The van der Waals surface area contributed by atoms with Gasteiger partial charge in [0, 0.05) is 11.6 Å². The number of rotatable bonds is 4. The van der Waals surface area contributed by atoms with Gasteiger partial charge in [0.2, 0.25) is 0 Å². The molecule has 0 saturated carbocycles. The number of aldehydes is 1. The van der Waals surface area contributed by atoms with Crippen LogP contribution in [0.1, 0.15) is 30.2 Å². The molecule has 5 heteroatoms. The van der Waals surface area contributed by atoms with Crippen molar-refractivity contribution >= 4 is 12.1 Å². The van der Waals surface area contributed by atoms with Crippen molar-refractivity contribution in [2.75, 3.05) is 12.8 Å². The van der Waals surface area contributed by atoms with Crippen LogP contribution in [0.3, 0.4) is 0 Å². The molecule has 5 nitrogen and oxygen atoms in total. The zero-order valence-electron chi connectivity index (χ0n) is 11.3. The Hall–Kier alpha value is -2.30. The Morgan fingerprint density at radius 3 is 2.42 bits per heavy atom. The highest BCUT2D eigenvalue weighted by molar-refractivity contribution is 5.91. The van der Waals surface area contributed by atoms with Crippen molar-refractivity contribution in [3.8, 4) is 17.0 Å². The normalized spacial score (nSPS) is 10.7. The largest absolute Gasteiger partial charge is 0.497 e. The van der Waals surface area contributed by atoms with Gasteiger partial charge in [-0.25, -0.2) is 4.68 Å². The third kappa shape index (κ3) is 2.31. The second-order valence-electron chi connectivity index (χ2n) is 4.53. The number of ether oxygens (including phenoxy) is 1. The molecule has 0 bridgehead atoms. The number of nitrogens with two attached hydrogens (primary N) is 1. The molecular weight excluding hydrogens is 242 g/mol. The van der Waals surface area contributed by atoms with Gasteiger partial charge in [-0.1, -0.05) is 0 Å². The van der Waals surface area contributed by atoms with Gasteiger partial charge in [0.1, 0.15) is 17.3 Å². The van der Waals surface area contributed by atoms with Gasteiger partial charge in [0.05, 0.1) is 12.7 Å². The lowest BCUT2D eigenvalue weighted by molar-refractivity contribution is 0.112. The Balaban J connectivity index is 2.54. The average Bonchev–Trinajstić information content (AvgIpc) is 2.76. The fraction of sp³-hybridized carbons (Fsp3) is 0.286. The zero-order valence-corrected chi connectivity index (χ0v) is 11.3. The second kappa shape index (κ2) is 5.14. The molecule has 0 atom stereocenters. The van der Waals surface area contributed by atoms with Crippen molar-refractivity contribution in [3.05, 3.63) is 29.8 Å². The first-order chi connectivity index (χ1) is 9.08. The lowest BCUT2D eigenvalue weighted by Crippen LogP contribution is -2.07. The molecule has 1 heterocycles. The van der Waals surface area contributed by atoms with Gasteiger partial charge in [-0.2, -0.15) is 5.10 Å². The van der Waals surface area contributed by atoms with E-state index in [0.717, 1.165) is 17.6 Å². The molecular formula is C14H17N3O2. The average molecular weight is 259 g/mol. The third-order valence-corrected chi connectivity index (χ3v) is 2.96. The Morgan fingerprint density at radius 2 is 1.95 bits per heavy atom. The van der Waals surface area contributed by atoms with Gasteiger partial charge >= 0.3 is 0 Å². The molecule has 0 aliphatic carbocycles. The van der Waals surface area contributed by atoms with Crippen LogP contribution in [-0.4, -0.2) is 23.2 Å². The topological polar surface area (TPSA) is 70.1 Å². The summed E-state index contributed by atoms with van der Waals surface area (Å²) < 4.78 is 6.76. The molecule has 0 unspecified atom stereocenters. The number of nitrogens with zero attached hydrogens (tertiary/aromatic N) is 2. The standard InChI is InChI=1S/C14H17N3O2/c1-9(2)17-14(15)12(8-18)13(16-17)10-4-6-11(19-3)7-5-10/h4-9H,15H2,1-3H3. The van der Waals surface area contributed by atoms with Crippen molar-refractivity contribution in [2.24, 2.45) is 0 Å². The van der Waals surface area contributed by atoms with Crippen LogP contribution < -0.4 is 10.5 Å². The van der Waals surface area contributed by atoms with Crippen molar-refractivity contribution in [1.82, 2.24) is 9.78 Å². The molecule has 1 aromatic heterocycles. The first-order valence-corrected chi connectivity index (χ1v) is 6.06.